The van der Waals surface area contributed by atoms with Gasteiger partial charge in [-0.3, -0.25) is 4.98 Å². The summed E-state index contributed by atoms with van der Waals surface area (Å²) < 4.78 is 0. The summed E-state index contributed by atoms with van der Waals surface area (Å²) in [7, 11) is 0. The van der Waals surface area contributed by atoms with Crippen LogP contribution < -0.4 is 5.32 Å². The van der Waals surface area contributed by atoms with Crippen molar-refractivity contribution in [2.24, 2.45) is 0 Å². The Morgan fingerprint density at radius 2 is 2.07 bits per heavy atom. The first-order chi connectivity index (χ1) is 7.45. The van der Waals surface area contributed by atoms with E-state index in [0.29, 0.717) is 0 Å². The smallest absolute Gasteiger partial charge is 0.0705 e. The van der Waals surface area contributed by atoms with E-state index in [0.717, 1.165) is 18.7 Å². The van der Waals surface area contributed by atoms with Gasteiger partial charge in [0.05, 0.1) is 5.69 Å². The summed E-state index contributed by atoms with van der Waals surface area (Å²) in [6.45, 7) is 1.04. The van der Waals surface area contributed by atoms with E-state index >= 15 is 0 Å². The molecule has 74 valence electrons. The number of anilines is 1. The van der Waals surface area contributed by atoms with E-state index < -0.39 is 0 Å². The standard InChI is InChI=1S/C13H12N2/c1-2-8-14-12(5-1)10-4-3-6-13-11(10)7-9-15-13/h1-6,8,15H,7,9H2. The highest BCUT2D eigenvalue weighted by molar-refractivity contribution is 5.73. The van der Waals surface area contributed by atoms with E-state index in [-0.39, 0.29) is 0 Å². The third-order valence-corrected chi connectivity index (χ3v) is 2.81. The van der Waals surface area contributed by atoms with Gasteiger partial charge in [0.25, 0.3) is 0 Å². The zero-order chi connectivity index (χ0) is 10.1. The number of aromatic nitrogens is 1. The molecular weight excluding hydrogens is 184 g/mol. The summed E-state index contributed by atoms with van der Waals surface area (Å²) in [5.41, 5.74) is 4.99. The molecule has 2 aromatic rings. The number of pyridine rings is 1. The SMILES string of the molecule is c1ccc(-c2cccc3c2CCN3)nc1. The van der Waals surface area contributed by atoms with Crippen molar-refractivity contribution in [3.8, 4) is 11.3 Å². The molecule has 1 aromatic carbocycles. The number of hydrogen-bond donors (Lipinski definition) is 1. The minimum Gasteiger partial charge on any atom is -0.384 e. The van der Waals surface area contributed by atoms with Crippen LogP contribution in [0.1, 0.15) is 5.56 Å². The monoisotopic (exact) mass is 196 g/mol. The maximum absolute atomic E-state index is 4.40. The fourth-order valence-electron chi connectivity index (χ4n) is 2.11. The van der Waals surface area contributed by atoms with Gasteiger partial charge < -0.3 is 5.32 Å². The van der Waals surface area contributed by atoms with Crippen molar-refractivity contribution in [3.05, 3.63) is 48.2 Å². The Balaban J connectivity index is 2.17. The van der Waals surface area contributed by atoms with Crippen LogP contribution in [0, 0.1) is 0 Å². The maximum atomic E-state index is 4.40. The van der Waals surface area contributed by atoms with Gasteiger partial charge in [-0.05, 0) is 30.2 Å². The van der Waals surface area contributed by atoms with Crippen molar-refractivity contribution in [1.82, 2.24) is 4.98 Å². The molecule has 0 aliphatic carbocycles. The fourth-order valence-corrected chi connectivity index (χ4v) is 2.11. The van der Waals surface area contributed by atoms with Gasteiger partial charge >= 0.3 is 0 Å². The van der Waals surface area contributed by atoms with Crippen molar-refractivity contribution >= 4 is 5.69 Å². The Morgan fingerprint density at radius 3 is 2.93 bits per heavy atom. The molecule has 0 spiro atoms. The number of nitrogens with one attached hydrogen (secondary N) is 1. The summed E-state index contributed by atoms with van der Waals surface area (Å²) in [5.74, 6) is 0. The highest BCUT2D eigenvalue weighted by Crippen LogP contribution is 2.31. The molecular formula is C13H12N2. The molecule has 0 saturated carbocycles. The van der Waals surface area contributed by atoms with Gasteiger partial charge in [0.1, 0.15) is 0 Å². The topological polar surface area (TPSA) is 24.9 Å². The van der Waals surface area contributed by atoms with Crippen molar-refractivity contribution in [2.45, 2.75) is 6.42 Å². The second-order valence-corrected chi connectivity index (χ2v) is 3.72. The van der Waals surface area contributed by atoms with E-state index in [9.17, 15) is 0 Å². The minimum atomic E-state index is 1.04. The van der Waals surface area contributed by atoms with Crippen LogP contribution in [0.5, 0.6) is 0 Å². The van der Waals surface area contributed by atoms with Crippen molar-refractivity contribution in [3.63, 3.8) is 0 Å². The number of rotatable bonds is 1. The molecule has 1 aromatic heterocycles. The molecule has 0 bridgehead atoms. The zero-order valence-electron chi connectivity index (χ0n) is 8.40. The largest absolute Gasteiger partial charge is 0.384 e. The molecule has 1 aliphatic heterocycles. The van der Waals surface area contributed by atoms with E-state index in [4.69, 9.17) is 0 Å². The molecule has 0 radical (unpaired) electrons. The molecule has 2 heteroatoms. The third kappa shape index (κ3) is 1.38. The van der Waals surface area contributed by atoms with E-state index in [1.165, 1.54) is 16.8 Å². The summed E-state index contributed by atoms with van der Waals surface area (Å²) in [5, 5.41) is 3.38. The summed E-state index contributed by atoms with van der Waals surface area (Å²) in [4.78, 5) is 4.40. The van der Waals surface area contributed by atoms with Gasteiger partial charge in [0, 0.05) is 24.0 Å². The van der Waals surface area contributed by atoms with Gasteiger partial charge in [-0.25, -0.2) is 0 Å². The maximum Gasteiger partial charge on any atom is 0.0705 e. The molecule has 0 saturated heterocycles. The molecule has 1 aliphatic rings. The van der Waals surface area contributed by atoms with Gasteiger partial charge in [-0.1, -0.05) is 18.2 Å². The number of fused-ring (bicyclic) bond motifs is 1. The summed E-state index contributed by atoms with van der Waals surface area (Å²) >= 11 is 0. The molecule has 2 nitrogen and oxygen atoms in total. The average Bonchev–Trinajstić information content (AvgIpc) is 2.78. The Kier molecular flexibility index (Phi) is 1.91. The molecule has 1 N–H and O–H groups in total. The minimum absolute atomic E-state index is 1.04. The molecule has 0 atom stereocenters. The first-order valence-corrected chi connectivity index (χ1v) is 5.22. The Bertz CT molecular complexity index is 477. The number of hydrogen-bond acceptors (Lipinski definition) is 2. The lowest BCUT2D eigenvalue weighted by Crippen LogP contribution is -1.90. The van der Waals surface area contributed by atoms with Crippen LogP contribution in [0.4, 0.5) is 5.69 Å². The Labute approximate surface area is 89.0 Å². The van der Waals surface area contributed by atoms with Crippen molar-refractivity contribution < 1.29 is 0 Å². The first-order valence-electron chi connectivity index (χ1n) is 5.22. The summed E-state index contributed by atoms with van der Waals surface area (Å²) in [6.07, 6.45) is 2.94. The quantitative estimate of drug-likeness (QED) is 0.758. The Hall–Kier alpha value is -1.83. The highest BCUT2D eigenvalue weighted by Gasteiger charge is 2.14. The zero-order valence-corrected chi connectivity index (χ0v) is 8.40. The van der Waals surface area contributed by atoms with Crippen LogP contribution in [0.3, 0.4) is 0 Å². The third-order valence-electron chi connectivity index (χ3n) is 2.81. The van der Waals surface area contributed by atoms with Crippen molar-refractivity contribution in [1.29, 1.82) is 0 Å². The Morgan fingerprint density at radius 1 is 1.07 bits per heavy atom. The van der Waals surface area contributed by atoms with Gasteiger partial charge in [0.2, 0.25) is 0 Å². The average molecular weight is 196 g/mol. The number of benzene rings is 1. The lowest BCUT2D eigenvalue weighted by molar-refractivity contribution is 1.10. The predicted molar refractivity (Wildman–Crippen MR) is 61.9 cm³/mol. The van der Waals surface area contributed by atoms with Crippen LogP contribution in [-0.2, 0) is 6.42 Å². The molecule has 0 fully saturated rings. The van der Waals surface area contributed by atoms with E-state index in [1.807, 2.05) is 18.3 Å². The fraction of sp³-hybridized carbons (Fsp3) is 0.154. The highest BCUT2D eigenvalue weighted by atomic mass is 14.9. The van der Waals surface area contributed by atoms with Crippen LogP contribution in [0.15, 0.2) is 42.6 Å². The predicted octanol–water partition coefficient (Wildman–Crippen LogP) is 2.72. The van der Waals surface area contributed by atoms with E-state index in [2.05, 4.69) is 34.6 Å². The number of nitrogens with zero attached hydrogens (tertiary/aromatic N) is 1. The molecule has 0 unspecified atom stereocenters. The second-order valence-electron chi connectivity index (χ2n) is 3.72. The van der Waals surface area contributed by atoms with Gasteiger partial charge in [-0.2, -0.15) is 0 Å². The van der Waals surface area contributed by atoms with Gasteiger partial charge in [-0.15, -0.1) is 0 Å². The van der Waals surface area contributed by atoms with Crippen LogP contribution in [0.2, 0.25) is 0 Å². The molecule has 3 rings (SSSR count). The molecule has 15 heavy (non-hydrogen) atoms. The second kappa shape index (κ2) is 3.39. The summed E-state index contributed by atoms with van der Waals surface area (Å²) in [6, 6.07) is 12.4. The van der Waals surface area contributed by atoms with Crippen LogP contribution in [-0.4, -0.2) is 11.5 Å². The lowest BCUT2D eigenvalue weighted by Gasteiger charge is -2.06. The van der Waals surface area contributed by atoms with E-state index in [1.54, 1.807) is 0 Å². The van der Waals surface area contributed by atoms with Crippen LogP contribution >= 0.6 is 0 Å². The normalized spacial score (nSPS) is 13.3. The first kappa shape index (κ1) is 8.48. The molecule has 0 amide bonds. The van der Waals surface area contributed by atoms with Gasteiger partial charge in [0.15, 0.2) is 0 Å². The molecule has 2 heterocycles. The lowest BCUT2D eigenvalue weighted by atomic mass is 10.0. The van der Waals surface area contributed by atoms with Crippen molar-refractivity contribution in [2.75, 3.05) is 11.9 Å². The van der Waals surface area contributed by atoms with Crippen LogP contribution in [0.25, 0.3) is 11.3 Å².